The number of hydrogen-bond acceptors (Lipinski definition) is 8. The van der Waals surface area contributed by atoms with Crippen LogP contribution in [0.3, 0.4) is 0 Å². The number of methoxy groups -OCH3 is 1. The minimum absolute atomic E-state index is 0.0378. The van der Waals surface area contributed by atoms with Gasteiger partial charge in [0.25, 0.3) is 0 Å². The number of aromatic nitrogens is 2. The van der Waals surface area contributed by atoms with E-state index in [4.69, 9.17) is 16.3 Å². The van der Waals surface area contributed by atoms with Crippen molar-refractivity contribution in [2.45, 2.75) is 11.3 Å². The summed E-state index contributed by atoms with van der Waals surface area (Å²) in [4.78, 5) is 21.1. The first-order chi connectivity index (χ1) is 10.3. The van der Waals surface area contributed by atoms with E-state index in [1.807, 2.05) is 0 Å². The summed E-state index contributed by atoms with van der Waals surface area (Å²) in [5.41, 5.74) is 0.0378. The Kier molecular flexibility index (Phi) is 5.20. The summed E-state index contributed by atoms with van der Waals surface area (Å²) in [6, 6.07) is 0. The molecule has 0 unspecified atom stereocenters. The normalized spacial score (nSPS) is 15.7. The van der Waals surface area contributed by atoms with E-state index < -0.39 is 15.8 Å². The van der Waals surface area contributed by atoms with E-state index in [9.17, 15) is 13.2 Å². The summed E-state index contributed by atoms with van der Waals surface area (Å²) in [5, 5.41) is -0.118. The fraction of sp³-hybridized carbons (Fsp3) is 0.583. The van der Waals surface area contributed by atoms with Gasteiger partial charge in [0.15, 0.2) is 15.7 Å². The number of carbonyl (C=O) groups is 1. The third-order valence-corrected chi connectivity index (χ3v) is 4.44. The van der Waals surface area contributed by atoms with E-state index in [0.717, 1.165) is 6.26 Å². The fourth-order valence-corrected chi connectivity index (χ4v) is 3.39. The fourth-order valence-electron chi connectivity index (χ4n) is 2.15. The number of esters is 1. The van der Waals surface area contributed by atoms with Crippen molar-refractivity contribution < 1.29 is 22.7 Å². The second kappa shape index (κ2) is 6.76. The Morgan fingerprint density at radius 2 is 2.00 bits per heavy atom. The van der Waals surface area contributed by atoms with Crippen LogP contribution in [-0.2, 0) is 30.5 Å². The number of rotatable bonds is 4. The molecule has 10 heteroatoms. The molecule has 0 N–H and O–H groups in total. The number of morpholine rings is 1. The molecule has 8 nitrogen and oxygen atoms in total. The maximum Gasteiger partial charge on any atom is 0.311 e. The van der Waals surface area contributed by atoms with Gasteiger partial charge in [-0.25, -0.2) is 13.4 Å². The van der Waals surface area contributed by atoms with Gasteiger partial charge in [-0.05, 0) is 11.6 Å². The molecule has 2 rings (SSSR count). The summed E-state index contributed by atoms with van der Waals surface area (Å²) < 4.78 is 34.2. The monoisotopic (exact) mass is 349 g/mol. The summed E-state index contributed by atoms with van der Waals surface area (Å²) in [6.45, 7) is 1.87. The highest BCUT2D eigenvalue weighted by atomic mass is 35.5. The molecule has 1 fully saturated rings. The molecule has 0 amide bonds. The first kappa shape index (κ1) is 16.9. The third kappa shape index (κ3) is 3.84. The molecule has 0 saturated carbocycles. The third-order valence-electron chi connectivity index (χ3n) is 3.11. The van der Waals surface area contributed by atoms with Crippen LogP contribution in [0.25, 0.3) is 0 Å². The first-order valence-electron chi connectivity index (χ1n) is 6.49. The molecule has 1 aliphatic rings. The SMILES string of the molecule is COC(=O)Cc1nc(Cl)nc(N2CCOCC2)c1S(C)(=O)=O. The number of carbonyl (C=O) groups excluding carboxylic acids is 1. The van der Waals surface area contributed by atoms with Crippen molar-refractivity contribution in [1.82, 2.24) is 9.97 Å². The van der Waals surface area contributed by atoms with Crippen LogP contribution in [0.5, 0.6) is 0 Å². The predicted molar refractivity (Wildman–Crippen MR) is 78.9 cm³/mol. The molecule has 0 atom stereocenters. The van der Waals surface area contributed by atoms with Gasteiger partial charge in [-0.2, -0.15) is 4.98 Å². The molecule has 2 heterocycles. The lowest BCUT2D eigenvalue weighted by molar-refractivity contribution is -0.139. The summed E-state index contributed by atoms with van der Waals surface area (Å²) in [7, 11) is -2.44. The second-order valence-electron chi connectivity index (χ2n) is 4.72. The maximum atomic E-state index is 12.2. The number of ether oxygens (including phenoxy) is 2. The topological polar surface area (TPSA) is 98.7 Å². The Balaban J connectivity index is 2.58. The number of nitrogens with zero attached hydrogens (tertiary/aromatic N) is 3. The van der Waals surface area contributed by atoms with Gasteiger partial charge in [0.1, 0.15) is 4.90 Å². The van der Waals surface area contributed by atoms with Gasteiger partial charge in [0.05, 0.1) is 32.4 Å². The standard InChI is InChI=1S/C12H16ClN3O5S/c1-20-9(17)7-8-10(22(2,18)19)11(15-12(13)14-8)16-3-5-21-6-4-16/h3-7H2,1-2H3. The van der Waals surface area contributed by atoms with Crippen molar-refractivity contribution in [1.29, 1.82) is 0 Å². The average Bonchev–Trinajstić information content (AvgIpc) is 2.46. The zero-order valence-corrected chi connectivity index (χ0v) is 13.8. The minimum Gasteiger partial charge on any atom is -0.469 e. The highest BCUT2D eigenvalue weighted by Gasteiger charge is 2.28. The largest absolute Gasteiger partial charge is 0.469 e. The van der Waals surface area contributed by atoms with Crippen LogP contribution >= 0.6 is 11.6 Å². The maximum absolute atomic E-state index is 12.2. The van der Waals surface area contributed by atoms with Gasteiger partial charge >= 0.3 is 5.97 Å². The Bertz CT molecular complexity index is 674. The molecule has 0 aromatic carbocycles. The number of halogens is 1. The molecular formula is C12H16ClN3O5S. The van der Waals surface area contributed by atoms with Crippen LogP contribution in [0, 0.1) is 0 Å². The first-order valence-corrected chi connectivity index (χ1v) is 8.76. The highest BCUT2D eigenvalue weighted by molar-refractivity contribution is 7.91. The van der Waals surface area contributed by atoms with Gasteiger partial charge in [-0.1, -0.05) is 0 Å². The van der Waals surface area contributed by atoms with Crippen LogP contribution in [0.2, 0.25) is 5.28 Å². The number of hydrogen-bond donors (Lipinski definition) is 0. The van der Waals surface area contributed by atoms with Crippen molar-refractivity contribution in [3.63, 3.8) is 0 Å². The second-order valence-corrected chi connectivity index (χ2v) is 7.01. The van der Waals surface area contributed by atoms with E-state index in [0.29, 0.717) is 26.3 Å². The van der Waals surface area contributed by atoms with Crippen molar-refractivity contribution in [3.8, 4) is 0 Å². The number of sulfone groups is 1. The molecule has 22 heavy (non-hydrogen) atoms. The average molecular weight is 350 g/mol. The summed E-state index contributed by atoms with van der Waals surface area (Å²) in [6.07, 6.45) is 0.753. The molecule has 1 saturated heterocycles. The molecule has 0 aliphatic carbocycles. The van der Waals surface area contributed by atoms with E-state index in [2.05, 4.69) is 14.7 Å². The molecule has 0 bridgehead atoms. The Morgan fingerprint density at radius 1 is 1.36 bits per heavy atom. The Hall–Kier alpha value is -1.45. The van der Waals surface area contributed by atoms with Crippen LogP contribution in [0.4, 0.5) is 5.82 Å². The van der Waals surface area contributed by atoms with Crippen molar-refractivity contribution in [2.24, 2.45) is 0 Å². The zero-order chi connectivity index (χ0) is 16.3. The zero-order valence-electron chi connectivity index (χ0n) is 12.2. The quantitative estimate of drug-likeness (QED) is 0.557. The summed E-state index contributed by atoms with van der Waals surface area (Å²) >= 11 is 5.89. The molecular weight excluding hydrogens is 334 g/mol. The minimum atomic E-state index is -3.66. The smallest absolute Gasteiger partial charge is 0.311 e. The van der Waals surface area contributed by atoms with Crippen LogP contribution in [0.15, 0.2) is 4.90 Å². The molecule has 0 radical (unpaired) electrons. The van der Waals surface area contributed by atoms with Gasteiger partial charge in [-0.15, -0.1) is 0 Å². The molecule has 122 valence electrons. The molecule has 1 aromatic rings. The molecule has 1 aromatic heterocycles. The Labute approximate surface area is 133 Å². The van der Waals surface area contributed by atoms with E-state index in [1.165, 1.54) is 7.11 Å². The lowest BCUT2D eigenvalue weighted by atomic mass is 10.2. The van der Waals surface area contributed by atoms with Crippen LogP contribution < -0.4 is 4.90 Å². The highest BCUT2D eigenvalue weighted by Crippen LogP contribution is 2.28. The van der Waals surface area contributed by atoms with E-state index in [1.54, 1.807) is 4.90 Å². The molecule has 0 spiro atoms. The van der Waals surface area contributed by atoms with Crippen molar-refractivity contribution in [2.75, 3.05) is 44.6 Å². The van der Waals surface area contributed by atoms with E-state index >= 15 is 0 Å². The van der Waals surface area contributed by atoms with Crippen LogP contribution in [-0.4, -0.2) is 64.0 Å². The number of anilines is 1. The van der Waals surface area contributed by atoms with Gasteiger partial charge in [-0.3, -0.25) is 4.79 Å². The Morgan fingerprint density at radius 3 is 2.55 bits per heavy atom. The lowest BCUT2D eigenvalue weighted by Gasteiger charge is -2.29. The summed E-state index contributed by atoms with van der Waals surface area (Å²) in [5.74, 6) is -0.405. The molecule has 1 aliphatic heterocycles. The van der Waals surface area contributed by atoms with E-state index in [-0.39, 0.29) is 28.1 Å². The van der Waals surface area contributed by atoms with Gasteiger partial charge < -0.3 is 14.4 Å². The van der Waals surface area contributed by atoms with Crippen LogP contribution in [0.1, 0.15) is 5.69 Å². The van der Waals surface area contributed by atoms with Crippen molar-refractivity contribution in [3.05, 3.63) is 11.0 Å². The van der Waals surface area contributed by atoms with Gasteiger partial charge in [0, 0.05) is 19.3 Å². The van der Waals surface area contributed by atoms with Crippen molar-refractivity contribution >= 4 is 33.2 Å². The lowest BCUT2D eigenvalue weighted by Crippen LogP contribution is -2.38. The van der Waals surface area contributed by atoms with Gasteiger partial charge in [0.2, 0.25) is 5.28 Å². The predicted octanol–water partition coefficient (Wildman–Crippen LogP) is 0.0856.